The lowest BCUT2D eigenvalue weighted by atomic mass is 10.4. The van der Waals surface area contributed by atoms with Crippen LogP contribution in [0.4, 0.5) is 0 Å². The topological polar surface area (TPSA) is 39.9 Å². The van der Waals surface area contributed by atoms with E-state index in [4.69, 9.17) is 4.74 Å². The number of hydrogen-bond acceptors (Lipinski definition) is 3. The van der Waals surface area contributed by atoms with Crippen LogP contribution in [-0.4, -0.2) is 21.6 Å². The smallest absolute Gasteiger partial charge is 0.214 e. The number of ether oxygens (including phenoxy) is 1. The van der Waals surface area contributed by atoms with Gasteiger partial charge in [-0.1, -0.05) is 6.07 Å². The van der Waals surface area contributed by atoms with E-state index < -0.39 is 0 Å². The van der Waals surface area contributed by atoms with Crippen LogP contribution in [0.3, 0.4) is 0 Å². The van der Waals surface area contributed by atoms with Crippen molar-refractivity contribution < 1.29 is 4.74 Å². The zero-order valence-electron chi connectivity index (χ0n) is 7.82. The molecule has 0 amide bonds. The summed E-state index contributed by atoms with van der Waals surface area (Å²) in [4.78, 5) is 8.54. The van der Waals surface area contributed by atoms with Gasteiger partial charge >= 0.3 is 0 Å². The van der Waals surface area contributed by atoms with E-state index in [1.54, 1.807) is 13.4 Å². The summed E-state index contributed by atoms with van der Waals surface area (Å²) in [5.41, 5.74) is 0. The number of rotatable bonds is 2. The first-order chi connectivity index (χ1) is 7.22. The molecular weight excluding hydrogens is 420 g/mol. The van der Waals surface area contributed by atoms with Gasteiger partial charge in [-0.2, -0.15) is 4.98 Å². The Bertz CT molecular complexity index is 484. The van der Waals surface area contributed by atoms with Gasteiger partial charge in [-0.3, -0.25) is 4.57 Å². The van der Waals surface area contributed by atoms with Crippen LogP contribution in [0.2, 0.25) is 0 Å². The lowest BCUT2D eigenvalue weighted by Crippen LogP contribution is -1.99. The molecule has 2 rings (SSSR count). The first-order valence-electron chi connectivity index (χ1n) is 4.12. The average Bonchev–Trinajstić information content (AvgIpc) is 2.60. The van der Waals surface area contributed by atoms with Crippen LogP contribution in [0.1, 0.15) is 0 Å². The Hall–Kier alpha value is -0.380. The van der Waals surface area contributed by atoms with Crippen molar-refractivity contribution >= 4 is 45.2 Å². The van der Waals surface area contributed by atoms with Crippen molar-refractivity contribution in [3.63, 3.8) is 0 Å². The summed E-state index contributed by atoms with van der Waals surface area (Å²) in [7, 11) is 1.61. The maximum Gasteiger partial charge on any atom is 0.214 e. The van der Waals surface area contributed by atoms with Crippen LogP contribution in [-0.2, 0) is 0 Å². The SMILES string of the molecule is COc1cccc(-n2cnc(I)c2I)n1. The molecule has 2 aromatic heterocycles. The van der Waals surface area contributed by atoms with Crippen molar-refractivity contribution in [2.24, 2.45) is 0 Å². The second kappa shape index (κ2) is 4.64. The monoisotopic (exact) mass is 427 g/mol. The van der Waals surface area contributed by atoms with Gasteiger partial charge in [0, 0.05) is 6.07 Å². The van der Waals surface area contributed by atoms with Crippen molar-refractivity contribution in [2.75, 3.05) is 7.11 Å². The van der Waals surface area contributed by atoms with E-state index in [0.29, 0.717) is 5.88 Å². The molecule has 0 unspecified atom stereocenters. The van der Waals surface area contributed by atoms with Gasteiger partial charge in [-0.05, 0) is 51.2 Å². The molecular formula is C9H7I2N3O. The first-order valence-corrected chi connectivity index (χ1v) is 6.28. The van der Waals surface area contributed by atoms with Crippen molar-refractivity contribution in [2.45, 2.75) is 0 Å². The molecule has 0 bridgehead atoms. The third-order valence-electron chi connectivity index (χ3n) is 1.83. The molecule has 2 heterocycles. The molecule has 2 aromatic rings. The maximum absolute atomic E-state index is 5.07. The number of nitrogens with zero attached hydrogens (tertiary/aromatic N) is 3. The minimum atomic E-state index is 0.604. The van der Waals surface area contributed by atoms with Gasteiger partial charge in [-0.25, -0.2) is 4.98 Å². The van der Waals surface area contributed by atoms with Gasteiger partial charge in [0.2, 0.25) is 5.88 Å². The summed E-state index contributed by atoms with van der Waals surface area (Å²) in [6, 6.07) is 5.64. The van der Waals surface area contributed by atoms with E-state index in [1.165, 1.54) is 0 Å². The highest BCUT2D eigenvalue weighted by molar-refractivity contribution is 14.1. The van der Waals surface area contributed by atoms with Gasteiger partial charge < -0.3 is 4.74 Å². The molecule has 0 aromatic carbocycles. The predicted molar refractivity (Wildman–Crippen MR) is 73.3 cm³/mol. The number of halogens is 2. The molecule has 0 spiro atoms. The van der Waals surface area contributed by atoms with Gasteiger partial charge in [-0.15, -0.1) is 0 Å². The van der Waals surface area contributed by atoms with Crippen LogP contribution < -0.4 is 4.74 Å². The molecule has 6 heteroatoms. The standard InChI is InChI=1S/C9H7I2N3O/c1-15-7-4-2-3-6(13-7)14-5-12-8(10)9(14)11/h2-5H,1H3. The summed E-state index contributed by atoms with van der Waals surface area (Å²) in [6.07, 6.45) is 1.76. The van der Waals surface area contributed by atoms with Gasteiger partial charge in [0.1, 0.15) is 19.5 Å². The number of imidazole rings is 1. The lowest BCUT2D eigenvalue weighted by molar-refractivity contribution is 0.397. The van der Waals surface area contributed by atoms with Crippen molar-refractivity contribution in [3.8, 4) is 11.7 Å². The summed E-state index contributed by atoms with van der Waals surface area (Å²) in [5, 5.41) is 0. The highest BCUT2D eigenvalue weighted by atomic mass is 127. The molecule has 0 aliphatic carbocycles. The number of aromatic nitrogens is 3. The molecule has 0 N–H and O–H groups in total. The minimum Gasteiger partial charge on any atom is -0.481 e. The Balaban J connectivity index is 2.49. The third-order valence-corrected chi connectivity index (χ3v) is 4.69. The van der Waals surface area contributed by atoms with E-state index in [9.17, 15) is 0 Å². The van der Waals surface area contributed by atoms with Crippen molar-refractivity contribution in [1.82, 2.24) is 14.5 Å². The molecule has 0 saturated heterocycles. The van der Waals surface area contributed by atoms with E-state index >= 15 is 0 Å². The molecule has 0 fully saturated rings. The van der Waals surface area contributed by atoms with E-state index in [2.05, 4.69) is 55.1 Å². The molecule has 4 nitrogen and oxygen atoms in total. The van der Waals surface area contributed by atoms with Crippen LogP contribution in [0.5, 0.6) is 5.88 Å². The molecule has 0 aliphatic rings. The Morgan fingerprint density at radius 1 is 1.33 bits per heavy atom. The van der Waals surface area contributed by atoms with Gasteiger partial charge in [0.05, 0.1) is 7.11 Å². The quantitative estimate of drug-likeness (QED) is 0.693. The summed E-state index contributed by atoms with van der Waals surface area (Å²) >= 11 is 4.43. The molecule has 0 atom stereocenters. The lowest BCUT2D eigenvalue weighted by Gasteiger charge is -2.04. The van der Waals surface area contributed by atoms with E-state index in [1.807, 2.05) is 22.8 Å². The Labute approximate surface area is 114 Å². The fourth-order valence-corrected chi connectivity index (χ4v) is 2.02. The number of methoxy groups -OCH3 is 1. The molecule has 15 heavy (non-hydrogen) atoms. The summed E-state index contributed by atoms with van der Waals surface area (Å²) in [5.74, 6) is 1.42. The summed E-state index contributed by atoms with van der Waals surface area (Å²) in [6.45, 7) is 0. The highest BCUT2D eigenvalue weighted by Gasteiger charge is 2.08. The van der Waals surface area contributed by atoms with Crippen LogP contribution >= 0.6 is 45.2 Å². The normalized spacial score (nSPS) is 10.3. The molecule has 0 radical (unpaired) electrons. The molecule has 0 aliphatic heterocycles. The fraction of sp³-hybridized carbons (Fsp3) is 0.111. The minimum absolute atomic E-state index is 0.604. The van der Waals surface area contributed by atoms with E-state index in [-0.39, 0.29) is 0 Å². The third kappa shape index (κ3) is 2.25. The number of pyridine rings is 1. The van der Waals surface area contributed by atoms with E-state index in [0.717, 1.165) is 13.2 Å². The van der Waals surface area contributed by atoms with Crippen LogP contribution in [0, 0.1) is 7.40 Å². The Morgan fingerprint density at radius 2 is 2.13 bits per heavy atom. The second-order valence-electron chi connectivity index (χ2n) is 2.73. The van der Waals surface area contributed by atoms with Crippen LogP contribution in [0.25, 0.3) is 5.82 Å². The fourth-order valence-electron chi connectivity index (χ4n) is 1.12. The van der Waals surface area contributed by atoms with Crippen LogP contribution in [0.15, 0.2) is 24.5 Å². The molecule has 0 saturated carbocycles. The zero-order valence-corrected chi connectivity index (χ0v) is 12.1. The van der Waals surface area contributed by atoms with Crippen molar-refractivity contribution in [3.05, 3.63) is 31.9 Å². The number of hydrogen-bond donors (Lipinski definition) is 0. The maximum atomic E-state index is 5.07. The largest absolute Gasteiger partial charge is 0.481 e. The van der Waals surface area contributed by atoms with Crippen molar-refractivity contribution in [1.29, 1.82) is 0 Å². The second-order valence-corrected chi connectivity index (χ2v) is 4.78. The predicted octanol–water partition coefficient (Wildman–Crippen LogP) is 2.49. The Morgan fingerprint density at radius 3 is 2.73 bits per heavy atom. The highest BCUT2D eigenvalue weighted by Crippen LogP contribution is 2.18. The molecule has 78 valence electrons. The summed E-state index contributed by atoms with van der Waals surface area (Å²) < 4.78 is 9.02. The zero-order chi connectivity index (χ0) is 10.8. The average molecular weight is 427 g/mol. The van der Waals surface area contributed by atoms with Gasteiger partial charge in [0.15, 0.2) is 0 Å². The first kappa shape index (κ1) is 11.1. The van der Waals surface area contributed by atoms with Gasteiger partial charge in [0.25, 0.3) is 0 Å². The Kier molecular flexibility index (Phi) is 3.44.